The van der Waals surface area contributed by atoms with Crippen LogP contribution in [-0.4, -0.2) is 25.3 Å². The van der Waals surface area contributed by atoms with Crippen molar-refractivity contribution in [3.8, 4) is 0 Å². The Morgan fingerprint density at radius 2 is 0.848 bits per heavy atom. The summed E-state index contributed by atoms with van der Waals surface area (Å²) in [6, 6.07) is 0. The average molecular weight is 647 g/mol. The lowest BCUT2D eigenvalue weighted by atomic mass is 10.0. The van der Waals surface area contributed by atoms with Crippen molar-refractivity contribution in [2.24, 2.45) is 0 Å². The highest BCUT2D eigenvalue weighted by molar-refractivity contribution is 5.69. The van der Waals surface area contributed by atoms with Gasteiger partial charge in [0.15, 0.2) is 0 Å². The zero-order valence-electron chi connectivity index (χ0n) is 31.7. The van der Waals surface area contributed by atoms with Gasteiger partial charge in [-0.05, 0) is 51.9 Å². The Labute approximate surface area is 289 Å². The summed E-state index contributed by atoms with van der Waals surface area (Å²) >= 11 is 0. The number of carbonyl (C=O) groups is 1. The molecule has 0 saturated carbocycles. The molecule has 0 aliphatic carbocycles. The van der Waals surface area contributed by atoms with E-state index >= 15 is 0 Å². The lowest BCUT2D eigenvalue weighted by Gasteiger charge is -2.13. The minimum atomic E-state index is -0.141. The first-order chi connectivity index (χ1) is 22.7. The van der Waals surface area contributed by atoms with Crippen LogP contribution in [0.1, 0.15) is 226 Å². The van der Waals surface area contributed by atoms with E-state index in [-0.39, 0.29) is 12.1 Å². The van der Waals surface area contributed by atoms with Crippen LogP contribution < -0.4 is 0 Å². The highest BCUT2D eigenvalue weighted by Gasteiger charge is 2.09. The van der Waals surface area contributed by atoms with E-state index in [4.69, 9.17) is 9.47 Å². The zero-order valence-corrected chi connectivity index (χ0v) is 31.7. The van der Waals surface area contributed by atoms with Crippen molar-refractivity contribution in [1.82, 2.24) is 0 Å². The van der Waals surface area contributed by atoms with E-state index in [1.807, 2.05) is 6.92 Å². The van der Waals surface area contributed by atoms with Crippen molar-refractivity contribution in [3.05, 3.63) is 24.3 Å². The second-order valence-corrected chi connectivity index (χ2v) is 14.1. The Balaban J connectivity index is 3.30. The molecule has 3 heteroatoms. The van der Waals surface area contributed by atoms with Crippen molar-refractivity contribution < 1.29 is 14.3 Å². The van der Waals surface area contributed by atoms with Gasteiger partial charge in [0.1, 0.15) is 6.10 Å². The Kier molecular flexibility index (Phi) is 39.1. The first-order valence-corrected chi connectivity index (χ1v) is 20.8. The topological polar surface area (TPSA) is 35.5 Å². The molecule has 0 amide bonds. The van der Waals surface area contributed by atoms with Crippen LogP contribution in [0.15, 0.2) is 24.3 Å². The molecule has 46 heavy (non-hydrogen) atoms. The number of allylic oxidation sites excluding steroid dienone is 4. The van der Waals surface area contributed by atoms with Gasteiger partial charge in [-0.15, -0.1) is 0 Å². The number of rotatable bonds is 38. The fourth-order valence-electron chi connectivity index (χ4n) is 6.11. The minimum absolute atomic E-state index is 0.0585. The van der Waals surface area contributed by atoms with Gasteiger partial charge in [0, 0.05) is 13.0 Å². The summed E-state index contributed by atoms with van der Waals surface area (Å²) < 4.78 is 11.3. The minimum Gasteiger partial charge on any atom is -0.460 e. The average Bonchev–Trinajstić information content (AvgIpc) is 3.05. The molecule has 0 heterocycles. The molecule has 272 valence electrons. The lowest BCUT2D eigenvalue weighted by Crippen LogP contribution is -2.20. The second kappa shape index (κ2) is 40.1. The molecular formula is C43H82O3. The van der Waals surface area contributed by atoms with Crippen LogP contribution in [0.25, 0.3) is 0 Å². The largest absolute Gasteiger partial charge is 0.460 e. The quantitative estimate of drug-likeness (QED) is 0.0380. The van der Waals surface area contributed by atoms with E-state index in [0.717, 1.165) is 32.3 Å². The Morgan fingerprint density at radius 1 is 0.478 bits per heavy atom. The molecule has 0 radical (unpaired) electrons. The van der Waals surface area contributed by atoms with E-state index < -0.39 is 0 Å². The van der Waals surface area contributed by atoms with E-state index in [9.17, 15) is 4.79 Å². The smallest absolute Gasteiger partial charge is 0.306 e. The SMILES string of the molecule is CCCCC/C=C\C/C=C\CCCCCCCCOC[C@@H](C)OC(=O)CCCCCCCCCCCCCCCCCCCCC. The molecule has 0 aromatic carbocycles. The molecule has 0 fully saturated rings. The Hall–Kier alpha value is -1.09. The third kappa shape index (κ3) is 39.1. The van der Waals surface area contributed by atoms with Gasteiger partial charge in [-0.2, -0.15) is 0 Å². The highest BCUT2D eigenvalue weighted by Crippen LogP contribution is 2.15. The van der Waals surface area contributed by atoms with Crippen LogP contribution in [-0.2, 0) is 14.3 Å². The monoisotopic (exact) mass is 647 g/mol. The van der Waals surface area contributed by atoms with Gasteiger partial charge < -0.3 is 9.47 Å². The first kappa shape index (κ1) is 44.9. The molecule has 0 spiro atoms. The van der Waals surface area contributed by atoms with Gasteiger partial charge >= 0.3 is 5.97 Å². The fourth-order valence-corrected chi connectivity index (χ4v) is 6.11. The zero-order chi connectivity index (χ0) is 33.4. The summed E-state index contributed by atoms with van der Waals surface area (Å²) in [7, 11) is 0. The van der Waals surface area contributed by atoms with Gasteiger partial charge in [0.05, 0.1) is 6.61 Å². The number of carbonyl (C=O) groups excluding carboxylic acids is 1. The number of hydrogen-bond acceptors (Lipinski definition) is 3. The van der Waals surface area contributed by atoms with Crippen molar-refractivity contribution in [2.45, 2.75) is 232 Å². The Bertz CT molecular complexity index is 640. The van der Waals surface area contributed by atoms with Crippen LogP contribution in [0.3, 0.4) is 0 Å². The highest BCUT2D eigenvalue weighted by atomic mass is 16.6. The number of unbranched alkanes of at least 4 members (excludes halogenated alkanes) is 27. The third-order valence-corrected chi connectivity index (χ3v) is 9.16. The standard InChI is InChI=1S/C43H82O3/c1-4-6-8-10-12-14-16-18-20-22-23-24-25-27-29-31-33-35-37-39-43(44)46-42(3)41-45-40-38-36-34-32-30-28-26-21-19-17-15-13-11-9-7-5-2/h13,15,19,21,42H,4-12,14,16-18,20,22-41H2,1-3H3/b15-13-,21-19-/t42-/m1/s1. The first-order valence-electron chi connectivity index (χ1n) is 20.8. The second-order valence-electron chi connectivity index (χ2n) is 14.1. The summed E-state index contributed by atoms with van der Waals surface area (Å²) in [5.74, 6) is -0.0585. The maximum absolute atomic E-state index is 12.1. The van der Waals surface area contributed by atoms with Crippen LogP contribution in [0, 0.1) is 0 Å². The Morgan fingerprint density at radius 3 is 1.33 bits per heavy atom. The van der Waals surface area contributed by atoms with Crippen molar-refractivity contribution in [1.29, 1.82) is 0 Å². The lowest BCUT2D eigenvalue weighted by molar-refractivity contribution is -0.151. The summed E-state index contributed by atoms with van der Waals surface area (Å²) in [5, 5.41) is 0. The number of esters is 1. The number of hydrogen-bond donors (Lipinski definition) is 0. The van der Waals surface area contributed by atoms with Gasteiger partial charge in [-0.25, -0.2) is 0 Å². The van der Waals surface area contributed by atoms with Gasteiger partial charge in [0.25, 0.3) is 0 Å². The molecule has 1 atom stereocenters. The maximum atomic E-state index is 12.1. The van der Waals surface area contributed by atoms with E-state index in [1.165, 1.54) is 173 Å². The van der Waals surface area contributed by atoms with Gasteiger partial charge in [0.2, 0.25) is 0 Å². The third-order valence-electron chi connectivity index (χ3n) is 9.16. The molecular weight excluding hydrogens is 564 g/mol. The summed E-state index contributed by atoms with van der Waals surface area (Å²) in [5.41, 5.74) is 0. The molecule has 0 aromatic rings. The molecule has 0 aliphatic rings. The van der Waals surface area contributed by atoms with Crippen molar-refractivity contribution in [3.63, 3.8) is 0 Å². The summed E-state index contributed by atoms with van der Waals surface area (Å²) in [6.45, 7) is 7.79. The van der Waals surface area contributed by atoms with Crippen LogP contribution in [0.5, 0.6) is 0 Å². The van der Waals surface area contributed by atoms with E-state index in [0.29, 0.717) is 13.0 Å². The van der Waals surface area contributed by atoms with Crippen LogP contribution in [0.4, 0.5) is 0 Å². The molecule has 3 nitrogen and oxygen atoms in total. The normalized spacial score (nSPS) is 12.5. The maximum Gasteiger partial charge on any atom is 0.306 e. The van der Waals surface area contributed by atoms with Crippen molar-refractivity contribution >= 4 is 5.97 Å². The molecule has 0 unspecified atom stereocenters. The molecule has 0 N–H and O–H groups in total. The van der Waals surface area contributed by atoms with Gasteiger partial charge in [-0.3, -0.25) is 4.79 Å². The molecule has 0 aliphatic heterocycles. The van der Waals surface area contributed by atoms with Crippen molar-refractivity contribution in [2.75, 3.05) is 13.2 Å². The molecule has 0 saturated heterocycles. The fraction of sp³-hybridized carbons (Fsp3) is 0.884. The predicted molar refractivity (Wildman–Crippen MR) is 204 cm³/mol. The predicted octanol–water partition coefficient (Wildman–Crippen LogP) is 14.6. The van der Waals surface area contributed by atoms with Crippen LogP contribution >= 0.6 is 0 Å². The van der Waals surface area contributed by atoms with Crippen LogP contribution in [0.2, 0.25) is 0 Å². The molecule has 0 aromatic heterocycles. The summed E-state index contributed by atoms with van der Waals surface area (Å²) in [6.07, 6.45) is 50.8. The molecule has 0 rings (SSSR count). The number of ether oxygens (including phenoxy) is 2. The molecule has 0 bridgehead atoms. The van der Waals surface area contributed by atoms with Gasteiger partial charge in [-0.1, -0.05) is 192 Å². The van der Waals surface area contributed by atoms with E-state index in [1.54, 1.807) is 0 Å². The van der Waals surface area contributed by atoms with E-state index in [2.05, 4.69) is 38.2 Å². The summed E-state index contributed by atoms with van der Waals surface area (Å²) in [4.78, 5) is 12.1.